The van der Waals surface area contributed by atoms with Gasteiger partial charge in [0, 0.05) is 51.5 Å². The number of hydrogen-bond acceptors (Lipinski definition) is 3. The van der Waals surface area contributed by atoms with Crippen molar-refractivity contribution in [1.82, 2.24) is 14.8 Å². The molecule has 5 heteroatoms. The highest BCUT2D eigenvalue weighted by Crippen LogP contribution is 2.28. The van der Waals surface area contributed by atoms with E-state index in [0.717, 1.165) is 31.4 Å². The molecule has 3 rings (SSSR count). The smallest absolute Gasteiger partial charge is 0.319 e. The van der Waals surface area contributed by atoms with Crippen molar-refractivity contribution in [2.45, 2.75) is 18.9 Å². The van der Waals surface area contributed by atoms with Crippen LogP contribution in [0.3, 0.4) is 0 Å². The molecule has 1 unspecified atom stereocenters. The maximum absolute atomic E-state index is 12.2. The fourth-order valence-corrected chi connectivity index (χ4v) is 3.32. The van der Waals surface area contributed by atoms with E-state index in [1.54, 1.807) is 19.0 Å². The molecule has 2 amide bonds. The zero-order valence-corrected chi connectivity index (χ0v) is 14.1. The lowest BCUT2D eigenvalue weighted by molar-refractivity contribution is 0.157. The molecule has 1 aliphatic heterocycles. The fraction of sp³-hybridized carbons (Fsp3) is 0.444. The van der Waals surface area contributed by atoms with E-state index in [-0.39, 0.29) is 12.1 Å². The highest BCUT2D eigenvalue weighted by Gasteiger charge is 2.27. The van der Waals surface area contributed by atoms with Crippen LogP contribution in [0.25, 0.3) is 10.9 Å². The molecule has 0 radical (unpaired) electrons. The lowest BCUT2D eigenvalue weighted by Gasteiger charge is -2.39. The predicted octanol–water partition coefficient (Wildman–Crippen LogP) is 2.82. The van der Waals surface area contributed by atoms with Crippen LogP contribution in [0.4, 0.5) is 10.5 Å². The molecule has 0 saturated carbocycles. The minimum absolute atomic E-state index is 0.0661. The Morgan fingerprint density at radius 1 is 1.22 bits per heavy atom. The van der Waals surface area contributed by atoms with Crippen LogP contribution < -0.4 is 4.90 Å². The third-order valence-corrected chi connectivity index (χ3v) is 4.60. The van der Waals surface area contributed by atoms with Crippen molar-refractivity contribution in [3.63, 3.8) is 0 Å². The van der Waals surface area contributed by atoms with E-state index in [1.165, 1.54) is 11.1 Å². The number of likely N-dealkylation sites (N-methyl/N-ethyl adjacent to an activating group) is 1. The number of anilines is 1. The second-order valence-electron chi connectivity index (χ2n) is 6.38. The molecule has 5 nitrogen and oxygen atoms in total. The first-order valence-corrected chi connectivity index (χ1v) is 8.10. The van der Waals surface area contributed by atoms with Crippen LogP contribution in [0.15, 0.2) is 36.5 Å². The molecule has 1 aromatic carbocycles. The minimum Gasteiger partial charge on any atom is -0.369 e. The molecule has 23 heavy (non-hydrogen) atoms. The van der Waals surface area contributed by atoms with Crippen LogP contribution in [0.2, 0.25) is 0 Å². The Morgan fingerprint density at radius 2 is 2.00 bits per heavy atom. The van der Waals surface area contributed by atoms with Crippen LogP contribution in [0, 0.1) is 0 Å². The van der Waals surface area contributed by atoms with Crippen LogP contribution >= 0.6 is 0 Å². The van der Waals surface area contributed by atoms with Crippen molar-refractivity contribution in [1.29, 1.82) is 0 Å². The lowest BCUT2D eigenvalue weighted by Crippen LogP contribution is -2.51. The number of urea groups is 1. The van der Waals surface area contributed by atoms with Gasteiger partial charge >= 0.3 is 6.03 Å². The standard InChI is InChI=1S/C18H24N4O/c1-20(2)18(23)21(3)14-7-6-12-22(13-14)17-10-11-19-16-9-5-4-8-15(16)17/h4-5,8-11,14H,6-7,12-13H2,1-3H3. The Balaban J connectivity index is 1.84. The van der Waals surface area contributed by atoms with Crippen LogP contribution in [-0.4, -0.2) is 61.1 Å². The SMILES string of the molecule is CN(C)C(=O)N(C)C1CCCN(c2ccnc3ccccc23)C1. The van der Waals surface area contributed by atoms with Crippen molar-refractivity contribution < 1.29 is 4.79 Å². The summed E-state index contributed by atoms with van der Waals surface area (Å²) >= 11 is 0. The van der Waals surface area contributed by atoms with Gasteiger partial charge in [-0.05, 0) is 25.0 Å². The van der Waals surface area contributed by atoms with Crippen LogP contribution in [0.1, 0.15) is 12.8 Å². The summed E-state index contributed by atoms with van der Waals surface area (Å²) in [5, 5.41) is 1.18. The summed E-state index contributed by atoms with van der Waals surface area (Å²) in [6.45, 7) is 1.89. The van der Waals surface area contributed by atoms with Gasteiger partial charge in [0.05, 0.1) is 11.6 Å². The summed E-state index contributed by atoms with van der Waals surface area (Å²) in [7, 11) is 5.51. The van der Waals surface area contributed by atoms with E-state index < -0.39 is 0 Å². The number of para-hydroxylation sites is 1. The molecule has 1 saturated heterocycles. The number of piperidine rings is 1. The van der Waals surface area contributed by atoms with Crippen molar-refractivity contribution in [2.75, 3.05) is 39.1 Å². The number of carbonyl (C=O) groups excluding carboxylic acids is 1. The summed E-state index contributed by atoms with van der Waals surface area (Å²) in [5.74, 6) is 0. The van der Waals surface area contributed by atoms with E-state index in [4.69, 9.17) is 0 Å². The Hall–Kier alpha value is -2.30. The van der Waals surface area contributed by atoms with E-state index in [0.29, 0.717) is 0 Å². The monoisotopic (exact) mass is 312 g/mol. The molecular weight excluding hydrogens is 288 g/mol. The van der Waals surface area contributed by atoms with Gasteiger partial charge in [-0.3, -0.25) is 4.98 Å². The van der Waals surface area contributed by atoms with Crippen molar-refractivity contribution in [3.05, 3.63) is 36.5 Å². The van der Waals surface area contributed by atoms with Gasteiger partial charge in [-0.15, -0.1) is 0 Å². The van der Waals surface area contributed by atoms with Gasteiger partial charge in [0.2, 0.25) is 0 Å². The number of rotatable bonds is 2. The van der Waals surface area contributed by atoms with Crippen LogP contribution in [0.5, 0.6) is 0 Å². The van der Waals surface area contributed by atoms with E-state index in [9.17, 15) is 4.79 Å². The van der Waals surface area contributed by atoms with Gasteiger partial charge in [-0.2, -0.15) is 0 Å². The van der Waals surface area contributed by atoms with E-state index >= 15 is 0 Å². The number of aromatic nitrogens is 1. The summed E-state index contributed by atoms with van der Waals surface area (Å²) in [5.41, 5.74) is 2.23. The van der Waals surface area contributed by atoms with Gasteiger partial charge < -0.3 is 14.7 Å². The third kappa shape index (κ3) is 3.09. The number of carbonyl (C=O) groups is 1. The van der Waals surface area contributed by atoms with Gasteiger partial charge in [-0.25, -0.2) is 4.79 Å². The Morgan fingerprint density at radius 3 is 2.78 bits per heavy atom. The predicted molar refractivity (Wildman–Crippen MR) is 93.8 cm³/mol. The number of fused-ring (bicyclic) bond motifs is 1. The quantitative estimate of drug-likeness (QED) is 0.856. The number of nitrogens with zero attached hydrogens (tertiary/aromatic N) is 4. The first kappa shape index (κ1) is 15.6. The average Bonchev–Trinajstić information content (AvgIpc) is 2.60. The molecule has 0 N–H and O–H groups in total. The van der Waals surface area contributed by atoms with Crippen molar-refractivity contribution >= 4 is 22.6 Å². The summed E-state index contributed by atoms with van der Waals surface area (Å²) < 4.78 is 0. The maximum atomic E-state index is 12.2. The third-order valence-electron chi connectivity index (χ3n) is 4.60. The molecule has 1 fully saturated rings. The molecule has 1 aromatic heterocycles. The van der Waals surface area contributed by atoms with E-state index in [1.807, 2.05) is 30.3 Å². The van der Waals surface area contributed by atoms with E-state index in [2.05, 4.69) is 28.1 Å². The summed E-state index contributed by atoms with van der Waals surface area (Å²) in [6, 6.07) is 10.6. The van der Waals surface area contributed by atoms with Gasteiger partial charge in [-0.1, -0.05) is 18.2 Å². The first-order valence-electron chi connectivity index (χ1n) is 8.10. The van der Waals surface area contributed by atoms with Crippen molar-refractivity contribution in [2.24, 2.45) is 0 Å². The fourth-order valence-electron chi connectivity index (χ4n) is 3.32. The van der Waals surface area contributed by atoms with Gasteiger partial charge in [0.15, 0.2) is 0 Å². The highest BCUT2D eigenvalue weighted by molar-refractivity contribution is 5.91. The topological polar surface area (TPSA) is 39.7 Å². The molecule has 2 aromatic rings. The van der Waals surface area contributed by atoms with Gasteiger partial charge in [0.1, 0.15) is 0 Å². The normalized spacial score (nSPS) is 18.0. The number of amides is 2. The van der Waals surface area contributed by atoms with Crippen LogP contribution in [-0.2, 0) is 0 Å². The molecule has 0 aliphatic carbocycles. The molecular formula is C18H24N4O. The van der Waals surface area contributed by atoms with Gasteiger partial charge in [0.25, 0.3) is 0 Å². The number of pyridine rings is 1. The second-order valence-corrected chi connectivity index (χ2v) is 6.38. The largest absolute Gasteiger partial charge is 0.369 e. The molecule has 1 atom stereocenters. The second kappa shape index (κ2) is 6.44. The Bertz CT molecular complexity index is 695. The molecule has 0 bridgehead atoms. The zero-order valence-electron chi connectivity index (χ0n) is 14.1. The Kier molecular flexibility index (Phi) is 4.37. The summed E-state index contributed by atoms with van der Waals surface area (Å²) in [4.78, 5) is 22.6. The first-order chi connectivity index (χ1) is 11.1. The average molecular weight is 312 g/mol. The molecule has 1 aliphatic rings. The maximum Gasteiger partial charge on any atom is 0.319 e. The molecule has 122 valence electrons. The minimum atomic E-state index is 0.0661. The Labute approximate surface area is 137 Å². The number of benzene rings is 1. The zero-order chi connectivity index (χ0) is 16.4. The summed E-state index contributed by atoms with van der Waals surface area (Å²) in [6.07, 6.45) is 4.01. The van der Waals surface area contributed by atoms with Crippen molar-refractivity contribution in [3.8, 4) is 0 Å². The molecule has 0 spiro atoms. The number of hydrogen-bond donors (Lipinski definition) is 0. The lowest BCUT2D eigenvalue weighted by atomic mass is 10.0. The molecule has 2 heterocycles. The highest BCUT2D eigenvalue weighted by atomic mass is 16.2.